The Kier molecular flexibility index (Phi) is 6.73. The Morgan fingerprint density at radius 1 is 1.03 bits per heavy atom. The second-order valence-electron chi connectivity index (χ2n) is 6.85. The summed E-state index contributed by atoms with van der Waals surface area (Å²) < 4.78 is 21.0. The van der Waals surface area contributed by atoms with Gasteiger partial charge in [-0.3, -0.25) is 9.69 Å². The fourth-order valence-electron chi connectivity index (χ4n) is 3.51. The van der Waals surface area contributed by atoms with Crippen molar-refractivity contribution < 1.29 is 33.6 Å². The van der Waals surface area contributed by atoms with Gasteiger partial charge in [0.2, 0.25) is 0 Å². The van der Waals surface area contributed by atoms with Crippen LogP contribution in [0.1, 0.15) is 19.4 Å². The van der Waals surface area contributed by atoms with E-state index in [2.05, 4.69) is 0 Å². The van der Waals surface area contributed by atoms with Gasteiger partial charge in [0.25, 0.3) is 5.91 Å². The highest BCUT2D eigenvalue weighted by Crippen LogP contribution is 2.39. The summed E-state index contributed by atoms with van der Waals surface area (Å²) in [6.07, 6.45) is 1.57. The van der Waals surface area contributed by atoms with Crippen molar-refractivity contribution in [1.29, 1.82) is 0 Å². The first-order chi connectivity index (χ1) is 15.4. The molecule has 0 unspecified atom stereocenters. The van der Waals surface area contributed by atoms with Gasteiger partial charge in [0, 0.05) is 11.8 Å². The summed E-state index contributed by atoms with van der Waals surface area (Å²) >= 11 is 0. The Morgan fingerprint density at radius 3 is 2.38 bits per heavy atom. The standard InChI is InChI=1S/C24H25NO7/c1-6-32-20-12-15(7-9-18(20)26)11-17-22(24(28)31-5)14(2)25(23(17)27)16-8-10-19(29-3)21(13-16)30-4/h7-13,26H,6H2,1-5H3/b17-11-. The fourth-order valence-corrected chi connectivity index (χ4v) is 3.51. The molecule has 1 amide bonds. The van der Waals surface area contributed by atoms with Crippen LogP contribution >= 0.6 is 0 Å². The molecule has 8 heteroatoms. The normalized spacial score (nSPS) is 14.7. The number of phenols is 1. The molecule has 2 aromatic carbocycles. The van der Waals surface area contributed by atoms with E-state index in [0.717, 1.165) is 0 Å². The zero-order valence-corrected chi connectivity index (χ0v) is 18.6. The number of carbonyl (C=O) groups excluding carboxylic acids is 2. The summed E-state index contributed by atoms with van der Waals surface area (Å²) in [5, 5.41) is 9.96. The van der Waals surface area contributed by atoms with Crippen molar-refractivity contribution >= 4 is 23.6 Å². The number of carbonyl (C=O) groups is 2. The molecular formula is C24H25NO7. The smallest absolute Gasteiger partial charge is 0.340 e. The minimum Gasteiger partial charge on any atom is -0.504 e. The lowest BCUT2D eigenvalue weighted by Crippen LogP contribution is -2.24. The number of esters is 1. The number of methoxy groups -OCH3 is 3. The summed E-state index contributed by atoms with van der Waals surface area (Å²) in [7, 11) is 4.29. The number of rotatable bonds is 7. The predicted octanol–water partition coefficient (Wildman–Crippen LogP) is 3.69. The van der Waals surface area contributed by atoms with Gasteiger partial charge >= 0.3 is 5.97 Å². The molecule has 1 N–H and O–H groups in total. The van der Waals surface area contributed by atoms with E-state index in [1.165, 1.54) is 32.3 Å². The lowest BCUT2D eigenvalue weighted by molar-refractivity contribution is -0.136. The highest BCUT2D eigenvalue weighted by Gasteiger charge is 2.38. The van der Waals surface area contributed by atoms with E-state index in [0.29, 0.717) is 35.1 Å². The minimum atomic E-state index is -0.631. The van der Waals surface area contributed by atoms with Crippen LogP contribution in [0.5, 0.6) is 23.0 Å². The highest BCUT2D eigenvalue weighted by molar-refractivity contribution is 6.23. The Morgan fingerprint density at radius 2 is 1.75 bits per heavy atom. The Hall–Kier alpha value is -3.94. The largest absolute Gasteiger partial charge is 0.504 e. The molecule has 0 atom stereocenters. The van der Waals surface area contributed by atoms with Gasteiger partial charge in [-0.15, -0.1) is 0 Å². The van der Waals surface area contributed by atoms with Gasteiger partial charge in [0.1, 0.15) is 0 Å². The number of amides is 1. The van der Waals surface area contributed by atoms with Crippen LogP contribution in [0.2, 0.25) is 0 Å². The van der Waals surface area contributed by atoms with E-state index < -0.39 is 11.9 Å². The number of aromatic hydroxyl groups is 1. The van der Waals surface area contributed by atoms with Crippen LogP contribution < -0.4 is 19.1 Å². The summed E-state index contributed by atoms with van der Waals surface area (Å²) in [6, 6.07) is 9.74. The van der Waals surface area contributed by atoms with Gasteiger partial charge in [-0.1, -0.05) is 6.07 Å². The molecule has 1 aliphatic heterocycles. The zero-order valence-electron chi connectivity index (χ0n) is 18.6. The average molecular weight is 439 g/mol. The number of anilines is 1. The van der Waals surface area contributed by atoms with Gasteiger partial charge in [-0.25, -0.2) is 4.79 Å². The van der Waals surface area contributed by atoms with Crippen LogP contribution in [-0.4, -0.2) is 44.9 Å². The van der Waals surface area contributed by atoms with Crippen molar-refractivity contribution in [2.45, 2.75) is 13.8 Å². The Balaban J connectivity index is 2.13. The average Bonchev–Trinajstić information content (AvgIpc) is 3.04. The molecular weight excluding hydrogens is 414 g/mol. The van der Waals surface area contributed by atoms with Crippen LogP contribution in [0.25, 0.3) is 6.08 Å². The number of nitrogens with zero attached hydrogens (tertiary/aromatic N) is 1. The predicted molar refractivity (Wildman–Crippen MR) is 119 cm³/mol. The summed E-state index contributed by atoms with van der Waals surface area (Å²) in [5.41, 5.74) is 1.83. The molecule has 32 heavy (non-hydrogen) atoms. The highest BCUT2D eigenvalue weighted by atomic mass is 16.5. The Labute approximate surface area is 186 Å². The quantitative estimate of drug-likeness (QED) is 0.519. The second kappa shape index (κ2) is 9.47. The van der Waals surface area contributed by atoms with Crippen molar-refractivity contribution in [2.24, 2.45) is 0 Å². The lowest BCUT2D eigenvalue weighted by atomic mass is 10.0. The molecule has 8 nitrogen and oxygen atoms in total. The van der Waals surface area contributed by atoms with Crippen molar-refractivity contribution in [3.8, 4) is 23.0 Å². The van der Waals surface area contributed by atoms with E-state index in [1.807, 2.05) is 0 Å². The fraction of sp³-hybridized carbons (Fsp3) is 0.250. The molecule has 1 heterocycles. The molecule has 0 radical (unpaired) electrons. The van der Waals surface area contributed by atoms with E-state index in [9.17, 15) is 14.7 Å². The van der Waals surface area contributed by atoms with Gasteiger partial charge in [0.15, 0.2) is 23.0 Å². The first-order valence-electron chi connectivity index (χ1n) is 9.89. The van der Waals surface area contributed by atoms with E-state index >= 15 is 0 Å². The zero-order chi connectivity index (χ0) is 23.4. The maximum atomic E-state index is 13.4. The second-order valence-corrected chi connectivity index (χ2v) is 6.85. The molecule has 0 saturated heterocycles. The molecule has 168 valence electrons. The van der Waals surface area contributed by atoms with Crippen molar-refractivity contribution in [3.63, 3.8) is 0 Å². The van der Waals surface area contributed by atoms with Crippen molar-refractivity contribution in [2.75, 3.05) is 32.8 Å². The monoisotopic (exact) mass is 439 g/mol. The van der Waals surface area contributed by atoms with Crippen LogP contribution in [0.15, 0.2) is 53.2 Å². The van der Waals surface area contributed by atoms with Crippen LogP contribution in [0.4, 0.5) is 5.69 Å². The number of ether oxygens (including phenoxy) is 4. The molecule has 0 spiro atoms. The molecule has 0 bridgehead atoms. The van der Waals surface area contributed by atoms with Gasteiger partial charge in [-0.2, -0.15) is 0 Å². The number of benzene rings is 2. The number of allylic oxidation sites excluding steroid dienone is 1. The maximum Gasteiger partial charge on any atom is 0.340 e. The van der Waals surface area contributed by atoms with Crippen molar-refractivity contribution in [1.82, 2.24) is 0 Å². The van der Waals surface area contributed by atoms with Crippen LogP contribution in [-0.2, 0) is 14.3 Å². The first-order valence-corrected chi connectivity index (χ1v) is 9.89. The number of phenolic OH excluding ortho intramolecular Hbond substituents is 1. The van der Waals surface area contributed by atoms with E-state index in [4.69, 9.17) is 18.9 Å². The van der Waals surface area contributed by atoms with Crippen LogP contribution in [0, 0.1) is 0 Å². The van der Waals surface area contributed by atoms with E-state index in [1.54, 1.807) is 50.3 Å². The summed E-state index contributed by atoms with van der Waals surface area (Å²) in [4.78, 5) is 27.4. The van der Waals surface area contributed by atoms with Gasteiger partial charge in [0.05, 0.1) is 44.8 Å². The topological polar surface area (TPSA) is 94.5 Å². The maximum absolute atomic E-state index is 13.4. The van der Waals surface area contributed by atoms with E-state index in [-0.39, 0.29) is 22.6 Å². The van der Waals surface area contributed by atoms with Crippen molar-refractivity contribution in [3.05, 3.63) is 58.8 Å². The molecule has 0 fully saturated rings. The lowest BCUT2D eigenvalue weighted by Gasteiger charge is -2.19. The molecule has 0 saturated carbocycles. The molecule has 2 aromatic rings. The number of hydrogen-bond donors (Lipinski definition) is 1. The minimum absolute atomic E-state index is 0.0152. The summed E-state index contributed by atoms with van der Waals surface area (Å²) in [5.74, 6) is 0.196. The third-order valence-electron chi connectivity index (χ3n) is 5.01. The molecule has 1 aliphatic rings. The van der Waals surface area contributed by atoms with Gasteiger partial charge < -0.3 is 24.1 Å². The SMILES string of the molecule is CCOc1cc(/C=C2\C(=O)N(c3ccc(OC)c(OC)c3)C(C)=C2C(=O)OC)ccc1O. The van der Waals surface area contributed by atoms with Gasteiger partial charge in [-0.05, 0) is 49.8 Å². The molecule has 0 aromatic heterocycles. The third kappa shape index (κ3) is 4.12. The third-order valence-corrected chi connectivity index (χ3v) is 5.01. The van der Waals surface area contributed by atoms with Crippen LogP contribution in [0.3, 0.4) is 0 Å². The molecule has 0 aliphatic carbocycles. The first kappa shape index (κ1) is 22.7. The summed E-state index contributed by atoms with van der Waals surface area (Å²) in [6.45, 7) is 3.84. The molecule has 3 rings (SSSR count). The number of hydrogen-bond acceptors (Lipinski definition) is 7. The Bertz CT molecular complexity index is 1120.